The van der Waals surface area contributed by atoms with Crippen molar-refractivity contribution < 1.29 is 23.2 Å². The summed E-state index contributed by atoms with van der Waals surface area (Å²) in [6.07, 6.45) is 2.95. The van der Waals surface area contributed by atoms with Gasteiger partial charge in [-0.05, 0) is 42.7 Å². The number of piperidine rings is 1. The Bertz CT molecular complexity index is 862. The Hall–Kier alpha value is -2.64. The van der Waals surface area contributed by atoms with Gasteiger partial charge in [0.1, 0.15) is 11.6 Å². The van der Waals surface area contributed by atoms with Crippen molar-refractivity contribution in [2.75, 3.05) is 31.7 Å². The zero-order chi connectivity index (χ0) is 22.4. The Morgan fingerprint density at radius 2 is 2.03 bits per heavy atom. The molecule has 31 heavy (non-hydrogen) atoms. The Morgan fingerprint density at radius 3 is 2.65 bits per heavy atom. The van der Waals surface area contributed by atoms with E-state index in [0.29, 0.717) is 35.8 Å². The minimum atomic E-state index is -0.466. The van der Waals surface area contributed by atoms with Crippen molar-refractivity contribution in [3.05, 3.63) is 35.4 Å². The fourth-order valence-electron chi connectivity index (χ4n) is 3.84. The molecule has 0 N–H and O–H groups in total. The lowest BCUT2D eigenvalue weighted by Crippen LogP contribution is -2.36. The van der Waals surface area contributed by atoms with Gasteiger partial charge in [0.15, 0.2) is 5.82 Å². The van der Waals surface area contributed by atoms with E-state index in [9.17, 15) is 9.18 Å². The van der Waals surface area contributed by atoms with Crippen molar-refractivity contribution in [3.63, 3.8) is 0 Å². The van der Waals surface area contributed by atoms with Crippen LogP contribution in [-0.4, -0.2) is 42.9 Å². The summed E-state index contributed by atoms with van der Waals surface area (Å²) in [6.45, 7) is 8.68. The van der Waals surface area contributed by atoms with Crippen molar-refractivity contribution >= 4 is 12.0 Å². The number of esters is 1. The van der Waals surface area contributed by atoms with Gasteiger partial charge in [-0.2, -0.15) is 4.98 Å². The van der Waals surface area contributed by atoms with Crippen molar-refractivity contribution in [1.29, 1.82) is 0 Å². The molecule has 2 aromatic rings. The lowest BCUT2D eigenvalue weighted by atomic mass is 9.84. The molecule has 3 rings (SSSR count). The van der Waals surface area contributed by atoms with Gasteiger partial charge in [0, 0.05) is 25.1 Å². The van der Waals surface area contributed by atoms with Gasteiger partial charge in [-0.1, -0.05) is 32.0 Å². The molecule has 1 aromatic heterocycles. The Balaban J connectivity index is 1.41. The van der Waals surface area contributed by atoms with Crippen LogP contribution in [-0.2, 0) is 16.0 Å². The highest BCUT2D eigenvalue weighted by Gasteiger charge is 2.26. The molecule has 1 aliphatic heterocycles. The van der Waals surface area contributed by atoms with Crippen LogP contribution in [0.25, 0.3) is 0 Å². The van der Waals surface area contributed by atoms with E-state index >= 15 is 0 Å². The third-order valence-electron chi connectivity index (χ3n) is 5.99. The van der Waals surface area contributed by atoms with E-state index in [1.54, 1.807) is 12.1 Å². The van der Waals surface area contributed by atoms with Crippen LogP contribution in [0.5, 0.6) is 5.75 Å². The molecule has 1 saturated heterocycles. The van der Waals surface area contributed by atoms with Crippen LogP contribution in [0.15, 0.2) is 22.7 Å². The maximum atomic E-state index is 14.1. The summed E-state index contributed by atoms with van der Waals surface area (Å²) in [6, 6.07) is 5.22. The number of aromatic nitrogens is 2. The first-order chi connectivity index (χ1) is 14.9. The van der Waals surface area contributed by atoms with Gasteiger partial charge in [-0.25, -0.2) is 4.39 Å². The second-order valence-corrected chi connectivity index (χ2v) is 8.53. The number of carbonyl (C=O) groups is 1. The summed E-state index contributed by atoms with van der Waals surface area (Å²) < 4.78 is 29.9. The predicted octanol–water partition coefficient (Wildman–Crippen LogP) is 4.37. The topological polar surface area (TPSA) is 77.7 Å². The molecule has 1 fully saturated rings. The van der Waals surface area contributed by atoms with E-state index in [4.69, 9.17) is 9.26 Å². The van der Waals surface area contributed by atoms with E-state index in [1.807, 2.05) is 0 Å². The molecule has 0 amide bonds. The molecule has 0 unspecified atom stereocenters. The zero-order valence-electron chi connectivity index (χ0n) is 18.8. The highest BCUT2D eigenvalue weighted by molar-refractivity contribution is 5.72. The van der Waals surface area contributed by atoms with Crippen molar-refractivity contribution in [2.45, 2.75) is 52.4 Å². The van der Waals surface area contributed by atoms with E-state index in [1.165, 1.54) is 13.2 Å². The van der Waals surface area contributed by atoms with Crippen LogP contribution in [0.4, 0.5) is 10.4 Å². The van der Waals surface area contributed by atoms with E-state index in [2.05, 4.69) is 40.5 Å². The summed E-state index contributed by atoms with van der Waals surface area (Å²) in [7, 11) is 1.29. The van der Waals surface area contributed by atoms with Gasteiger partial charge in [-0.15, -0.1) is 0 Å². The number of halogens is 1. The van der Waals surface area contributed by atoms with E-state index in [0.717, 1.165) is 38.2 Å². The Morgan fingerprint density at radius 1 is 1.29 bits per heavy atom. The molecular weight excluding hydrogens is 401 g/mol. The number of nitrogens with zero attached hydrogens (tertiary/aromatic N) is 3. The predicted molar refractivity (Wildman–Crippen MR) is 115 cm³/mol. The van der Waals surface area contributed by atoms with E-state index in [-0.39, 0.29) is 12.3 Å². The maximum Gasteiger partial charge on any atom is 0.324 e. The van der Waals surface area contributed by atoms with E-state index < -0.39 is 11.8 Å². The molecule has 8 heteroatoms. The smallest absolute Gasteiger partial charge is 0.324 e. The highest BCUT2D eigenvalue weighted by atomic mass is 19.1. The normalized spacial score (nSPS) is 15.9. The largest absolute Gasteiger partial charge is 0.493 e. The fraction of sp³-hybridized carbons (Fsp3) is 0.609. The second kappa shape index (κ2) is 10.6. The molecule has 2 heterocycles. The van der Waals surface area contributed by atoms with Crippen LogP contribution in [0.2, 0.25) is 0 Å². The van der Waals surface area contributed by atoms with Crippen LogP contribution < -0.4 is 9.64 Å². The van der Waals surface area contributed by atoms with Crippen molar-refractivity contribution in [2.24, 2.45) is 11.8 Å². The average molecular weight is 434 g/mol. The molecule has 1 aliphatic rings. The first kappa shape index (κ1) is 23.0. The average Bonchev–Trinajstić information content (AvgIpc) is 3.26. The van der Waals surface area contributed by atoms with Gasteiger partial charge in [-0.3, -0.25) is 4.79 Å². The third kappa shape index (κ3) is 6.18. The van der Waals surface area contributed by atoms with Gasteiger partial charge in [0.2, 0.25) is 0 Å². The number of anilines is 1. The zero-order valence-corrected chi connectivity index (χ0v) is 18.8. The summed E-state index contributed by atoms with van der Waals surface area (Å²) in [4.78, 5) is 18.0. The van der Waals surface area contributed by atoms with Gasteiger partial charge in [0.05, 0.1) is 20.1 Å². The first-order valence-electron chi connectivity index (χ1n) is 10.9. The number of rotatable bonds is 9. The van der Waals surface area contributed by atoms with Crippen LogP contribution >= 0.6 is 0 Å². The minimum absolute atomic E-state index is 0.0826. The molecular formula is C23H32FN3O4. The summed E-state index contributed by atoms with van der Waals surface area (Å²) in [5.41, 5.74) is 0.307. The van der Waals surface area contributed by atoms with Crippen molar-refractivity contribution in [3.8, 4) is 5.75 Å². The third-order valence-corrected chi connectivity index (χ3v) is 5.99. The molecule has 1 atom stereocenters. The summed E-state index contributed by atoms with van der Waals surface area (Å²) in [5.74, 6) is 1.67. The molecule has 0 aliphatic carbocycles. The van der Waals surface area contributed by atoms with Crippen LogP contribution in [0.3, 0.4) is 0 Å². The van der Waals surface area contributed by atoms with Gasteiger partial charge >= 0.3 is 12.0 Å². The Kier molecular flexibility index (Phi) is 7.87. The molecule has 0 spiro atoms. The number of ether oxygens (including phenoxy) is 2. The number of hydrogen-bond donors (Lipinski definition) is 0. The summed E-state index contributed by atoms with van der Waals surface area (Å²) in [5, 5.41) is 4.05. The standard InChI is InChI=1S/C23H32FN3O4/c1-15(2)22-25-23(31-26-22)27-10-7-17(8-11-27)16(3)9-12-30-19-6-5-18(20(24)14-19)13-21(28)29-4/h5-6,14-17H,7-13H2,1-4H3/t16-/m1/s1. The second-order valence-electron chi connectivity index (χ2n) is 8.53. The lowest BCUT2D eigenvalue weighted by Gasteiger charge is -2.33. The molecule has 7 nitrogen and oxygen atoms in total. The summed E-state index contributed by atoms with van der Waals surface area (Å²) >= 11 is 0. The number of carbonyl (C=O) groups excluding carboxylic acids is 1. The maximum absolute atomic E-state index is 14.1. The van der Waals surface area contributed by atoms with Gasteiger partial charge < -0.3 is 18.9 Å². The molecule has 1 aromatic carbocycles. The molecule has 0 radical (unpaired) electrons. The van der Waals surface area contributed by atoms with Gasteiger partial charge in [0.25, 0.3) is 0 Å². The lowest BCUT2D eigenvalue weighted by molar-refractivity contribution is -0.139. The molecule has 170 valence electrons. The molecule has 0 saturated carbocycles. The van der Waals surface area contributed by atoms with Crippen molar-refractivity contribution in [1.82, 2.24) is 10.1 Å². The minimum Gasteiger partial charge on any atom is -0.493 e. The Labute approximate surface area is 182 Å². The van der Waals surface area contributed by atoms with Crippen LogP contribution in [0.1, 0.15) is 57.3 Å². The fourth-order valence-corrected chi connectivity index (χ4v) is 3.84. The number of methoxy groups -OCH3 is 1. The quantitative estimate of drug-likeness (QED) is 0.544. The highest BCUT2D eigenvalue weighted by Crippen LogP contribution is 2.30. The number of benzene rings is 1. The monoisotopic (exact) mass is 433 g/mol. The first-order valence-corrected chi connectivity index (χ1v) is 10.9. The molecule has 0 bridgehead atoms. The number of hydrogen-bond acceptors (Lipinski definition) is 7. The SMILES string of the molecule is COC(=O)Cc1ccc(OCC[C@@H](C)C2CCN(c3nc(C(C)C)no3)CC2)cc1F. The van der Waals surface area contributed by atoms with Crippen LogP contribution in [0, 0.1) is 17.7 Å².